The van der Waals surface area contributed by atoms with Gasteiger partial charge in [-0.2, -0.15) is 0 Å². The van der Waals surface area contributed by atoms with E-state index in [0.29, 0.717) is 17.5 Å². The number of nitrogens with one attached hydrogen (secondary N) is 1. The van der Waals surface area contributed by atoms with Crippen molar-refractivity contribution in [1.29, 1.82) is 0 Å². The number of anilines is 1. The average Bonchev–Trinajstić information content (AvgIpc) is 2.94. The van der Waals surface area contributed by atoms with Crippen molar-refractivity contribution in [2.24, 2.45) is 5.73 Å². The van der Waals surface area contributed by atoms with Gasteiger partial charge in [-0.3, -0.25) is 9.36 Å². The molecule has 6 nitrogen and oxygen atoms in total. The summed E-state index contributed by atoms with van der Waals surface area (Å²) < 4.78 is 6.66. The van der Waals surface area contributed by atoms with Crippen molar-refractivity contribution in [2.75, 3.05) is 12.4 Å². The zero-order chi connectivity index (χ0) is 15.5. The molecule has 3 N–H and O–H groups in total. The van der Waals surface area contributed by atoms with Crippen LogP contribution in [-0.2, 0) is 0 Å². The molecule has 0 amide bonds. The molecule has 0 saturated heterocycles. The summed E-state index contributed by atoms with van der Waals surface area (Å²) in [6.07, 6.45) is 6.42. The van der Waals surface area contributed by atoms with Gasteiger partial charge < -0.3 is 15.8 Å². The highest BCUT2D eigenvalue weighted by Gasteiger charge is 2.21. The molecule has 0 aliphatic heterocycles. The first kappa shape index (κ1) is 14.6. The first-order valence-corrected chi connectivity index (χ1v) is 7.41. The van der Waals surface area contributed by atoms with Crippen molar-refractivity contribution in [2.45, 2.75) is 31.3 Å². The number of aromatic nitrogens is 2. The number of hydrogen-bond acceptors (Lipinski definition) is 5. The van der Waals surface area contributed by atoms with E-state index in [9.17, 15) is 4.79 Å². The summed E-state index contributed by atoms with van der Waals surface area (Å²) in [5.41, 5.74) is 6.50. The van der Waals surface area contributed by atoms with E-state index in [0.717, 1.165) is 25.1 Å². The topological polar surface area (TPSA) is 82.2 Å². The summed E-state index contributed by atoms with van der Waals surface area (Å²) >= 11 is 0. The molecule has 2 atom stereocenters. The van der Waals surface area contributed by atoms with Crippen molar-refractivity contribution in [3.63, 3.8) is 0 Å². The van der Waals surface area contributed by atoms with E-state index in [-0.39, 0.29) is 11.6 Å². The molecule has 116 valence electrons. The van der Waals surface area contributed by atoms with Crippen LogP contribution in [0.15, 0.2) is 41.5 Å². The Morgan fingerprint density at radius 3 is 2.82 bits per heavy atom. The van der Waals surface area contributed by atoms with Crippen LogP contribution in [0, 0.1) is 0 Å². The van der Waals surface area contributed by atoms with Crippen LogP contribution >= 0.6 is 0 Å². The number of pyridine rings is 2. The van der Waals surface area contributed by atoms with E-state index in [1.165, 1.54) is 10.6 Å². The highest BCUT2D eigenvalue weighted by Crippen LogP contribution is 2.21. The Kier molecular flexibility index (Phi) is 4.11. The van der Waals surface area contributed by atoms with Crippen LogP contribution in [0.3, 0.4) is 0 Å². The maximum Gasteiger partial charge on any atom is 0.255 e. The highest BCUT2D eigenvalue weighted by atomic mass is 16.5. The monoisotopic (exact) mass is 300 g/mol. The number of nitrogens with two attached hydrogens (primary N) is 1. The maximum atomic E-state index is 11.9. The van der Waals surface area contributed by atoms with Crippen molar-refractivity contribution < 1.29 is 4.74 Å². The standard InChI is InChI=1S/C16H20N4O2/c1-22-14-5-7-16(21)20(10-14)13-4-6-15(18-9-13)19-12-3-2-11(17)8-12/h4-7,9-12H,2-3,8,17H2,1H3,(H,18,19)/t11-,12-/m0/s1. The summed E-state index contributed by atoms with van der Waals surface area (Å²) in [4.78, 5) is 16.3. The number of rotatable bonds is 4. The Labute approximate surface area is 128 Å². The minimum absolute atomic E-state index is 0.120. The predicted octanol–water partition coefficient (Wildman–Crippen LogP) is 1.53. The van der Waals surface area contributed by atoms with Crippen LogP contribution in [0.2, 0.25) is 0 Å². The lowest BCUT2D eigenvalue weighted by molar-refractivity contribution is 0.411. The van der Waals surface area contributed by atoms with Gasteiger partial charge in [-0.1, -0.05) is 0 Å². The summed E-state index contributed by atoms with van der Waals surface area (Å²) in [6, 6.07) is 7.53. The molecule has 22 heavy (non-hydrogen) atoms. The Balaban J connectivity index is 1.78. The van der Waals surface area contributed by atoms with Crippen molar-refractivity contribution >= 4 is 5.82 Å². The van der Waals surface area contributed by atoms with Crippen LogP contribution in [0.1, 0.15) is 19.3 Å². The van der Waals surface area contributed by atoms with Gasteiger partial charge in [0, 0.05) is 18.2 Å². The van der Waals surface area contributed by atoms with Crippen molar-refractivity contribution in [3.05, 3.63) is 47.0 Å². The number of hydrogen-bond donors (Lipinski definition) is 2. The molecule has 0 unspecified atom stereocenters. The Hall–Kier alpha value is -2.34. The Bertz CT molecular complexity index is 696. The van der Waals surface area contributed by atoms with Crippen LogP contribution in [0.5, 0.6) is 5.75 Å². The zero-order valence-electron chi connectivity index (χ0n) is 12.5. The second-order valence-electron chi connectivity index (χ2n) is 5.59. The van der Waals surface area contributed by atoms with Crippen LogP contribution in [0.25, 0.3) is 5.69 Å². The molecule has 0 radical (unpaired) electrons. The minimum atomic E-state index is -0.120. The maximum absolute atomic E-state index is 11.9. The lowest BCUT2D eigenvalue weighted by atomic mass is 10.2. The van der Waals surface area contributed by atoms with Gasteiger partial charge in [-0.25, -0.2) is 4.98 Å². The van der Waals surface area contributed by atoms with E-state index in [1.807, 2.05) is 12.1 Å². The number of ether oxygens (including phenoxy) is 1. The third-order valence-corrected chi connectivity index (χ3v) is 3.97. The normalized spacial score (nSPS) is 20.8. The third kappa shape index (κ3) is 3.12. The largest absolute Gasteiger partial charge is 0.495 e. The number of methoxy groups -OCH3 is 1. The Morgan fingerprint density at radius 1 is 1.32 bits per heavy atom. The first-order chi connectivity index (χ1) is 10.7. The highest BCUT2D eigenvalue weighted by molar-refractivity contribution is 5.42. The first-order valence-electron chi connectivity index (χ1n) is 7.41. The average molecular weight is 300 g/mol. The van der Waals surface area contributed by atoms with Gasteiger partial charge in [0.15, 0.2) is 0 Å². The van der Waals surface area contributed by atoms with Gasteiger partial charge in [0.1, 0.15) is 11.6 Å². The summed E-state index contributed by atoms with van der Waals surface area (Å²) in [6.45, 7) is 0. The molecule has 0 aromatic carbocycles. The van der Waals surface area contributed by atoms with E-state index >= 15 is 0 Å². The lowest BCUT2D eigenvalue weighted by Crippen LogP contribution is -2.21. The SMILES string of the molecule is COc1ccc(=O)n(-c2ccc(N[C@H]3CC[C@H](N)C3)nc2)c1. The molecule has 0 bridgehead atoms. The molecule has 1 aliphatic rings. The summed E-state index contributed by atoms with van der Waals surface area (Å²) in [7, 11) is 1.57. The molecule has 6 heteroatoms. The predicted molar refractivity (Wildman–Crippen MR) is 85.6 cm³/mol. The molecule has 1 aliphatic carbocycles. The smallest absolute Gasteiger partial charge is 0.255 e. The summed E-state index contributed by atoms with van der Waals surface area (Å²) in [5, 5.41) is 3.38. The van der Waals surface area contributed by atoms with E-state index in [2.05, 4.69) is 10.3 Å². The fourth-order valence-corrected chi connectivity index (χ4v) is 2.76. The van der Waals surface area contributed by atoms with Crippen molar-refractivity contribution in [1.82, 2.24) is 9.55 Å². The molecular formula is C16H20N4O2. The molecule has 1 fully saturated rings. The fraction of sp³-hybridized carbons (Fsp3) is 0.375. The van der Waals surface area contributed by atoms with Gasteiger partial charge in [0.05, 0.1) is 25.2 Å². The molecule has 3 rings (SSSR count). The van der Waals surface area contributed by atoms with Crippen LogP contribution < -0.4 is 21.3 Å². The van der Waals surface area contributed by atoms with Gasteiger partial charge >= 0.3 is 0 Å². The molecule has 0 spiro atoms. The van der Waals surface area contributed by atoms with E-state index < -0.39 is 0 Å². The molecular weight excluding hydrogens is 280 g/mol. The summed E-state index contributed by atoms with van der Waals surface area (Å²) in [5.74, 6) is 1.43. The number of nitrogens with zero attached hydrogens (tertiary/aromatic N) is 2. The van der Waals surface area contributed by atoms with Gasteiger partial charge in [0.2, 0.25) is 0 Å². The third-order valence-electron chi connectivity index (χ3n) is 3.97. The molecule has 1 saturated carbocycles. The van der Waals surface area contributed by atoms with E-state index in [4.69, 9.17) is 10.5 Å². The van der Waals surface area contributed by atoms with Crippen LogP contribution in [0.4, 0.5) is 5.82 Å². The fourth-order valence-electron chi connectivity index (χ4n) is 2.76. The minimum Gasteiger partial charge on any atom is -0.495 e. The van der Waals surface area contributed by atoms with E-state index in [1.54, 1.807) is 25.6 Å². The lowest BCUT2D eigenvalue weighted by Gasteiger charge is -2.13. The molecule has 2 aromatic rings. The van der Waals surface area contributed by atoms with Crippen LogP contribution in [-0.4, -0.2) is 28.7 Å². The Morgan fingerprint density at radius 2 is 2.18 bits per heavy atom. The van der Waals surface area contributed by atoms with Crippen molar-refractivity contribution in [3.8, 4) is 11.4 Å². The molecule has 2 heterocycles. The van der Waals surface area contributed by atoms with Gasteiger partial charge in [-0.05, 0) is 37.5 Å². The van der Waals surface area contributed by atoms with Gasteiger partial charge in [-0.15, -0.1) is 0 Å². The second-order valence-corrected chi connectivity index (χ2v) is 5.59. The quantitative estimate of drug-likeness (QED) is 0.895. The molecule has 2 aromatic heterocycles. The zero-order valence-corrected chi connectivity index (χ0v) is 12.5. The van der Waals surface area contributed by atoms with Gasteiger partial charge in [0.25, 0.3) is 5.56 Å². The second kappa shape index (κ2) is 6.19.